The third-order valence-corrected chi connectivity index (χ3v) is 5.46. The quantitative estimate of drug-likeness (QED) is 0.474. The van der Waals surface area contributed by atoms with Crippen LogP contribution in [-0.4, -0.2) is 57.0 Å². The van der Waals surface area contributed by atoms with Gasteiger partial charge in [0.1, 0.15) is 23.2 Å². The van der Waals surface area contributed by atoms with E-state index in [1.807, 2.05) is 12.1 Å². The van der Waals surface area contributed by atoms with E-state index in [4.69, 9.17) is 15.0 Å². The summed E-state index contributed by atoms with van der Waals surface area (Å²) in [7, 11) is 0. The number of hydrogen-bond donors (Lipinski definition) is 1. The molecule has 9 nitrogen and oxygen atoms in total. The zero-order valence-corrected chi connectivity index (χ0v) is 18.0. The first-order valence-electron chi connectivity index (χ1n) is 10.6. The zero-order valence-electron chi connectivity index (χ0n) is 18.0. The van der Waals surface area contributed by atoms with Crippen molar-refractivity contribution in [3.63, 3.8) is 0 Å². The van der Waals surface area contributed by atoms with Gasteiger partial charge in [0.15, 0.2) is 5.65 Å². The molecule has 34 heavy (non-hydrogen) atoms. The summed E-state index contributed by atoms with van der Waals surface area (Å²) in [5.41, 5.74) is 4.60. The predicted molar refractivity (Wildman–Crippen MR) is 123 cm³/mol. The summed E-state index contributed by atoms with van der Waals surface area (Å²) in [5.74, 6) is 5.11. The lowest BCUT2D eigenvalue weighted by Crippen LogP contribution is -2.36. The van der Waals surface area contributed by atoms with E-state index in [1.165, 1.54) is 6.20 Å². The molecular formula is C25H18N6O3. The minimum atomic E-state index is -0.996. The van der Waals surface area contributed by atoms with Crippen molar-refractivity contribution in [3.8, 4) is 29.2 Å². The summed E-state index contributed by atoms with van der Waals surface area (Å²) in [4.78, 5) is 22.5. The Morgan fingerprint density at radius 1 is 1.06 bits per heavy atom. The van der Waals surface area contributed by atoms with Crippen molar-refractivity contribution in [2.45, 2.75) is 0 Å². The number of carboxylic acids is 1. The molecule has 0 radical (unpaired) electrons. The molecule has 0 spiro atoms. The number of imidazole rings is 1. The number of aromatic carboxylic acids is 1. The van der Waals surface area contributed by atoms with Crippen molar-refractivity contribution in [3.05, 3.63) is 77.4 Å². The van der Waals surface area contributed by atoms with Gasteiger partial charge in [-0.15, -0.1) is 0 Å². The second-order valence-corrected chi connectivity index (χ2v) is 7.54. The van der Waals surface area contributed by atoms with Crippen molar-refractivity contribution >= 4 is 17.3 Å². The number of ether oxygens (including phenoxy) is 1. The fourth-order valence-electron chi connectivity index (χ4n) is 3.76. The second kappa shape index (κ2) is 9.02. The summed E-state index contributed by atoms with van der Waals surface area (Å²) in [6, 6.07) is 13.8. The van der Waals surface area contributed by atoms with Crippen molar-refractivity contribution in [2.75, 3.05) is 31.2 Å². The van der Waals surface area contributed by atoms with Gasteiger partial charge in [0, 0.05) is 24.8 Å². The van der Waals surface area contributed by atoms with E-state index in [1.54, 1.807) is 47.1 Å². The molecule has 1 aliphatic rings. The van der Waals surface area contributed by atoms with E-state index < -0.39 is 5.97 Å². The first kappa shape index (κ1) is 21.1. The van der Waals surface area contributed by atoms with Gasteiger partial charge in [-0.25, -0.2) is 19.3 Å². The average Bonchev–Trinajstić information content (AvgIpc) is 3.27. The number of pyridine rings is 1. The lowest BCUT2D eigenvalue weighted by molar-refractivity contribution is 0.0697. The molecule has 9 heteroatoms. The molecule has 0 aliphatic carbocycles. The maximum absolute atomic E-state index is 11.3. The van der Waals surface area contributed by atoms with Gasteiger partial charge >= 0.3 is 5.97 Å². The molecule has 0 bridgehead atoms. The molecule has 1 N–H and O–H groups in total. The molecule has 0 unspecified atom stereocenters. The van der Waals surface area contributed by atoms with Crippen molar-refractivity contribution in [2.24, 2.45) is 0 Å². The van der Waals surface area contributed by atoms with Crippen molar-refractivity contribution < 1.29 is 14.6 Å². The highest BCUT2D eigenvalue weighted by Crippen LogP contribution is 2.29. The number of nitrogens with zero attached hydrogens (tertiary/aromatic N) is 6. The third kappa shape index (κ3) is 4.04. The highest BCUT2D eigenvalue weighted by Gasteiger charge is 2.21. The highest BCUT2D eigenvalue weighted by molar-refractivity contribution is 5.88. The number of carboxylic acid groups (broad SMARTS) is 1. The van der Waals surface area contributed by atoms with Crippen LogP contribution in [0.5, 0.6) is 0 Å². The molecule has 3 aromatic heterocycles. The summed E-state index contributed by atoms with van der Waals surface area (Å²) < 4.78 is 7.22. The maximum atomic E-state index is 11.3. The first-order chi connectivity index (χ1) is 16.6. The standard InChI is InChI=1S/C25H18N6O3/c26-15-17-1-6-20(27-16-17)7-8-21-23(18-2-4-19(5-3-18)25(32)33)31-24(29-21)22(9-10-28-31)30-11-13-34-14-12-30/h1-6,9-10,16H,11-14H2,(H,32,33). The number of rotatable bonds is 3. The van der Waals surface area contributed by atoms with Gasteiger partial charge in [-0.2, -0.15) is 10.4 Å². The normalized spacial score (nSPS) is 13.2. The van der Waals surface area contributed by atoms with E-state index in [0.29, 0.717) is 41.5 Å². The summed E-state index contributed by atoms with van der Waals surface area (Å²) in [5, 5.41) is 22.8. The largest absolute Gasteiger partial charge is 0.478 e. The van der Waals surface area contributed by atoms with E-state index in [2.05, 4.69) is 26.8 Å². The Kier molecular flexibility index (Phi) is 5.61. The summed E-state index contributed by atoms with van der Waals surface area (Å²) in [6.07, 6.45) is 3.19. The van der Waals surface area contributed by atoms with Crippen molar-refractivity contribution in [1.29, 1.82) is 5.26 Å². The Labute approximate surface area is 194 Å². The topological polar surface area (TPSA) is 117 Å². The highest BCUT2D eigenvalue weighted by atomic mass is 16.5. The van der Waals surface area contributed by atoms with Crippen LogP contribution in [0, 0.1) is 23.2 Å². The molecule has 0 saturated carbocycles. The Hall–Kier alpha value is -4.73. The molecule has 4 aromatic rings. The van der Waals surface area contributed by atoms with Crippen LogP contribution < -0.4 is 4.90 Å². The Morgan fingerprint density at radius 2 is 1.85 bits per heavy atom. The molecule has 1 fully saturated rings. The third-order valence-electron chi connectivity index (χ3n) is 5.46. The van der Waals surface area contributed by atoms with E-state index in [9.17, 15) is 9.90 Å². The van der Waals surface area contributed by atoms with Crippen LogP contribution in [0.4, 0.5) is 5.69 Å². The minimum Gasteiger partial charge on any atom is -0.478 e. The van der Waals surface area contributed by atoms with E-state index >= 15 is 0 Å². The molecule has 166 valence electrons. The van der Waals surface area contributed by atoms with Crippen LogP contribution in [0.3, 0.4) is 0 Å². The molecule has 4 heterocycles. The lowest BCUT2D eigenvalue weighted by Gasteiger charge is -2.28. The van der Waals surface area contributed by atoms with Crippen LogP contribution in [0.15, 0.2) is 54.9 Å². The average molecular weight is 450 g/mol. The molecule has 1 aliphatic heterocycles. The van der Waals surface area contributed by atoms with Gasteiger partial charge in [0.25, 0.3) is 0 Å². The molecule has 0 amide bonds. The first-order valence-corrected chi connectivity index (χ1v) is 10.6. The maximum Gasteiger partial charge on any atom is 0.335 e. The van der Waals surface area contributed by atoms with Crippen LogP contribution >= 0.6 is 0 Å². The number of aromatic nitrogens is 4. The van der Waals surface area contributed by atoms with Gasteiger partial charge in [-0.05, 0) is 42.2 Å². The fraction of sp³-hybridized carbons (Fsp3) is 0.160. The summed E-state index contributed by atoms with van der Waals surface area (Å²) in [6.45, 7) is 2.75. The van der Waals surface area contributed by atoms with Crippen LogP contribution in [0.25, 0.3) is 16.9 Å². The van der Waals surface area contributed by atoms with E-state index in [0.717, 1.165) is 24.3 Å². The van der Waals surface area contributed by atoms with Crippen LogP contribution in [0.1, 0.15) is 27.3 Å². The van der Waals surface area contributed by atoms with Crippen molar-refractivity contribution in [1.82, 2.24) is 19.6 Å². The van der Waals surface area contributed by atoms with Gasteiger partial charge in [0.2, 0.25) is 0 Å². The number of anilines is 1. The van der Waals surface area contributed by atoms with Gasteiger partial charge < -0.3 is 14.7 Å². The minimum absolute atomic E-state index is 0.189. The Morgan fingerprint density at radius 3 is 2.53 bits per heavy atom. The lowest BCUT2D eigenvalue weighted by atomic mass is 10.1. The molecule has 1 saturated heterocycles. The Bertz CT molecular complexity index is 1470. The number of fused-ring (bicyclic) bond motifs is 1. The molecule has 0 atom stereocenters. The number of nitriles is 1. The monoisotopic (exact) mass is 450 g/mol. The van der Waals surface area contributed by atoms with Crippen LogP contribution in [-0.2, 0) is 4.74 Å². The number of benzene rings is 1. The second-order valence-electron chi connectivity index (χ2n) is 7.54. The molecular weight excluding hydrogens is 432 g/mol. The fourth-order valence-corrected chi connectivity index (χ4v) is 3.76. The van der Waals surface area contributed by atoms with Crippen LogP contribution in [0.2, 0.25) is 0 Å². The SMILES string of the molecule is N#Cc1ccc(C#Cc2nc3c(N4CCOCC4)ccnn3c2-c2ccc(C(=O)O)cc2)nc1. The number of hydrogen-bond acceptors (Lipinski definition) is 7. The predicted octanol–water partition coefficient (Wildman–Crippen LogP) is 2.60. The van der Waals surface area contributed by atoms with Gasteiger partial charge in [-0.1, -0.05) is 12.1 Å². The number of carbonyl (C=O) groups is 1. The number of morpholine rings is 1. The van der Waals surface area contributed by atoms with Gasteiger partial charge in [-0.3, -0.25) is 0 Å². The smallest absolute Gasteiger partial charge is 0.335 e. The zero-order chi connectivity index (χ0) is 23.5. The molecule has 1 aromatic carbocycles. The summed E-state index contributed by atoms with van der Waals surface area (Å²) >= 11 is 0. The van der Waals surface area contributed by atoms with E-state index in [-0.39, 0.29) is 5.56 Å². The van der Waals surface area contributed by atoms with Gasteiger partial charge in [0.05, 0.1) is 36.2 Å². The molecule has 5 rings (SSSR count). The Balaban J connectivity index is 1.66.